The zero-order valence-corrected chi connectivity index (χ0v) is 13.7. The zero-order chi connectivity index (χ0) is 17.4. The van der Waals surface area contributed by atoms with Crippen LogP contribution in [0.4, 0.5) is 5.69 Å². The lowest BCUT2D eigenvalue weighted by Gasteiger charge is -2.07. The van der Waals surface area contributed by atoms with Crippen molar-refractivity contribution in [2.24, 2.45) is 0 Å². The van der Waals surface area contributed by atoms with Crippen molar-refractivity contribution in [3.63, 3.8) is 0 Å². The predicted molar refractivity (Wildman–Crippen MR) is 93.5 cm³/mol. The monoisotopic (exact) mass is 326 g/mol. The SMILES string of the molecule is CCc1ccc(NC(=O)C(=O)NCCc2ccc(CO)cc2)cc1. The van der Waals surface area contributed by atoms with E-state index in [1.807, 2.05) is 36.4 Å². The fourth-order valence-electron chi connectivity index (χ4n) is 2.22. The molecule has 0 aliphatic heterocycles. The lowest BCUT2D eigenvalue weighted by atomic mass is 10.1. The van der Waals surface area contributed by atoms with E-state index in [0.717, 1.165) is 17.5 Å². The van der Waals surface area contributed by atoms with E-state index >= 15 is 0 Å². The number of hydrogen-bond acceptors (Lipinski definition) is 3. The van der Waals surface area contributed by atoms with Crippen LogP contribution in [0.3, 0.4) is 0 Å². The van der Waals surface area contributed by atoms with Gasteiger partial charge in [-0.2, -0.15) is 0 Å². The van der Waals surface area contributed by atoms with Crippen molar-refractivity contribution >= 4 is 17.5 Å². The van der Waals surface area contributed by atoms with E-state index in [1.165, 1.54) is 5.56 Å². The standard InChI is InChI=1S/C19H22N2O3/c1-2-14-7-9-17(10-8-14)21-19(24)18(23)20-12-11-15-3-5-16(13-22)6-4-15/h3-10,22H,2,11-13H2,1H3,(H,20,23)(H,21,24). The van der Waals surface area contributed by atoms with E-state index in [1.54, 1.807) is 12.1 Å². The summed E-state index contributed by atoms with van der Waals surface area (Å²) in [6.45, 7) is 2.44. The first-order valence-electron chi connectivity index (χ1n) is 7.99. The molecule has 5 nitrogen and oxygen atoms in total. The van der Waals surface area contributed by atoms with Gasteiger partial charge in [-0.05, 0) is 41.7 Å². The third kappa shape index (κ3) is 5.21. The van der Waals surface area contributed by atoms with Crippen LogP contribution in [0, 0.1) is 0 Å². The van der Waals surface area contributed by atoms with Gasteiger partial charge in [0.25, 0.3) is 0 Å². The number of carbonyl (C=O) groups excluding carboxylic acids is 2. The van der Waals surface area contributed by atoms with E-state index in [-0.39, 0.29) is 6.61 Å². The Morgan fingerprint density at radius 3 is 2.04 bits per heavy atom. The first kappa shape index (κ1) is 17.7. The largest absolute Gasteiger partial charge is 0.392 e. The third-order valence-corrected chi connectivity index (χ3v) is 3.73. The summed E-state index contributed by atoms with van der Waals surface area (Å²) in [5, 5.41) is 14.2. The van der Waals surface area contributed by atoms with Gasteiger partial charge in [0.1, 0.15) is 0 Å². The highest BCUT2D eigenvalue weighted by molar-refractivity contribution is 6.39. The number of aliphatic hydroxyl groups is 1. The molecule has 0 saturated heterocycles. The second-order valence-corrected chi connectivity index (χ2v) is 5.49. The minimum atomic E-state index is -0.671. The molecule has 2 aromatic carbocycles. The molecule has 0 heterocycles. The van der Waals surface area contributed by atoms with Gasteiger partial charge in [-0.15, -0.1) is 0 Å². The maximum Gasteiger partial charge on any atom is 0.313 e. The Kier molecular flexibility index (Phi) is 6.51. The number of rotatable bonds is 6. The minimum Gasteiger partial charge on any atom is -0.392 e. The molecule has 5 heteroatoms. The molecule has 2 aromatic rings. The molecule has 0 atom stereocenters. The fraction of sp³-hybridized carbons (Fsp3) is 0.263. The molecule has 0 aliphatic rings. The molecule has 0 aromatic heterocycles. The lowest BCUT2D eigenvalue weighted by molar-refractivity contribution is -0.136. The summed E-state index contributed by atoms with van der Waals surface area (Å²) in [6, 6.07) is 14.9. The van der Waals surface area contributed by atoms with Gasteiger partial charge in [0.2, 0.25) is 0 Å². The molecule has 0 saturated carbocycles. The molecule has 3 N–H and O–H groups in total. The van der Waals surface area contributed by atoms with Crippen LogP contribution in [0.15, 0.2) is 48.5 Å². The maximum absolute atomic E-state index is 11.8. The molecular formula is C19H22N2O3. The smallest absolute Gasteiger partial charge is 0.313 e. The Morgan fingerprint density at radius 1 is 0.875 bits per heavy atom. The molecule has 24 heavy (non-hydrogen) atoms. The van der Waals surface area contributed by atoms with Gasteiger partial charge >= 0.3 is 11.8 Å². The summed E-state index contributed by atoms with van der Waals surface area (Å²) in [6.07, 6.45) is 1.55. The number of benzene rings is 2. The molecule has 0 spiro atoms. The predicted octanol–water partition coefficient (Wildman–Crippen LogP) is 2.04. The molecule has 126 valence electrons. The molecule has 2 rings (SSSR count). The molecule has 0 fully saturated rings. The van der Waals surface area contributed by atoms with Crippen LogP contribution in [0.2, 0.25) is 0 Å². The van der Waals surface area contributed by atoms with Crippen molar-refractivity contribution in [3.05, 3.63) is 65.2 Å². The summed E-state index contributed by atoms with van der Waals surface area (Å²) in [5.74, 6) is -1.32. The highest BCUT2D eigenvalue weighted by Gasteiger charge is 2.12. The summed E-state index contributed by atoms with van der Waals surface area (Å²) in [7, 11) is 0. The van der Waals surface area contributed by atoms with E-state index in [2.05, 4.69) is 17.6 Å². The normalized spacial score (nSPS) is 10.2. The van der Waals surface area contributed by atoms with Crippen LogP contribution in [0.25, 0.3) is 0 Å². The fourth-order valence-corrected chi connectivity index (χ4v) is 2.22. The third-order valence-electron chi connectivity index (χ3n) is 3.73. The highest BCUT2D eigenvalue weighted by atomic mass is 16.3. The number of amides is 2. The molecule has 0 aliphatic carbocycles. The number of aliphatic hydroxyl groups excluding tert-OH is 1. The van der Waals surface area contributed by atoms with E-state index in [9.17, 15) is 9.59 Å². The summed E-state index contributed by atoms with van der Waals surface area (Å²) in [5.41, 5.74) is 3.65. The molecule has 0 unspecified atom stereocenters. The van der Waals surface area contributed by atoms with Gasteiger partial charge in [-0.3, -0.25) is 9.59 Å². The van der Waals surface area contributed by atoms with Crippen molar-refractivity contribution in [1.82, 2.24) is 5.32 Å². The van der Waals surface area contributed by atoms with Crippen molar-refractivity contribution in [2.75, 3.05) is 11.9 Å². The molecule has 0 radical (unpaired) electrons. The average molecular weight is 326 g/mol. The van der Waals surface area contributed by atoms with Gasteiger partial charge in [-0.1, -0.05) is 43.3 Å². The van der Waals surface area contributed by atoms with E-state index in [0.29, 0.717) is 18.7 Å². The highest BCUT2D eigenvalue weighted by Crippen LogP contribution is 2.09. The van der Waals surface area contributed by atoms with Crippen molar-refractivity contribution in [2.45, 2.75) is 26.4 Å². The second-order valence-electron chi connectivity index (χ2n) is 5.49. The van der Waals surface area contributed by atoms with E-state index < -0.39 is 11.8 Å². The maximum atomic E-state index is 11.8. The average Bonchev–Trinajstić information content (AvgIpc) is 2.62. The summed E-state index contributed by atoms with van der Waals surface area (Å²) in [4.78, 5) is 23.6. The van der Waals surface area contributed by atoms with Gasteiger partial charge in [0.15, 0.2) is 0 Å². The Morgan fingerprint density at radius 2 is 1.46 bits per heavy atom. The number of carbonyl (C=O) groups is 2. The number of aryl methyl sites for hydroxylation is 1. The second kappa shape index (κ2) is 8.84. The first-order valence-corrected chi connectivity index (χ1v) is 7.99. The Bertz CT molecular complexity index is 679. The van der Waals surface area contributed by atoms with Gasteiger partial charge in [0.05, 0.1) is 6.61 Å². The van der Waals surface area contributed by atoms with Gasteiger partial charge < -0.3 is 15.7 Å². The van der Waals surface area contributed by atoms with Crippen LogP contribution >= 0.6 is 0 Å². The number of anilines is 1. The Labute approximate surface area is 141 Å². The number of nitrogens with one attached hydrogen (secondary N) is 2. The molecule has 0 bridgehead atoms. The van der Waals surface area contributed by atoms with Gasteiger partial charge in [-0.25, -0.2) is 0 Å². The molecular weight excluding hydrogens is 304 g/mol. The van der Waals surface area contributed by atoms with Crippen molar-refractivity contribution in [1.29, 1.82) is 0 Å². The first-order chi connectivity index (χ1) is 11.6. The topological polar surface area (TPSA) is 78.4 Å². The Balaban J connectivity index is 1.77. The zero-order valence-electron chi connectivity index (χ0n) is 13.7. The van der Waals surface area contributed by atoms with Crippen LogP contribution in [0.5, 0.6) is 0 Å². The minimum absolute atomic E-state index is 0.0103. The Hall–Kier alpha value is -2.66. The lowest BCUT2D eigenvalue weighted by Crippen LogP contribution is -2.36. The van der Waals surface area contributed by atoms with Crippen molar-refractivity contribution in [3.8, 4) is 0 Å². The van der Waals surface area contributed by atoms with Crippen LogP contribution in [0.1, 0.15) is 23.6 Å². The quantitative estimate of drug-likeness (QED) is 0.711. The van der Waals surface area contributed by atoms with Crippen LogP contribution < -0.4 is 10.6 Å². The van der Waals surface area contributed by atoms with Crippen molar-refractivity contribution < 1.29 is 14.7 Å². The van der Waals surface area contributed by atoms with Crippen LogP contribution in [-0.2, 0) is 29.0 Å². The summed E-state index contributed by atoms with van der Waals surface area (Å²) >= 11 is 0. The number of hydrogen-bond donors (Lipinski definition) is 3. The van der Waals surface area contributed by atoms with Crippen LogP contribution in [-0.4, -0.2) is 23.5 Å². The van der Waals surface area contributed by atoms with Gasteiger partial charge in [0, 0.05) is 12.2 Å². The molecule has 2 amide bonds. The van der Waals surface area contributed by atoms with E-state index in [4.69, 9.17) is 5.11 Å². The summed E-state index contributed by atoms with van der Waals surface area (Å²) < 4.78 is 0.